The lowest BCUT2D eigenvalue weighted by Gasteiger charge is -2.32. The van der Waals surface area contributed by atoms with Crippen LogP contribution in [0.1, 0.15) is 34.6 Å². The molecule has 7 nitrogen and oxygen atoms in total. The summed E-state index contributed by atoms with van der Waals surface area (Å²) >= 11 is 0. The molecule has 0 N–H and O–H groups in total. The predicted molar refractivity (Wildman–Crippen MR) is 88.8 cm³/mol. The van der Waals surface area contributed by atoms with Crippen LogP contribution >= 0.6 is 0 Å². The summed E-state index contributed by atoms with van der Waals surface area (Å²) in [6, 6.07) is 2.23. The molecule has 1 atom stereocenters. The van der Waals surface area contributed by atoms with Crippen LogP contribution in [0.25, 0.3) is 0 Å². The standard InChI is InChI=1S/C17H23N5O2/c1-12-8-18-17(19-9-12)24-11-14-5-4-6-22(10-14)16(23)15-7-13(2)21(3)20-15/h7-9,14H,4-6,10-11H2,1-3H3. The average Bonchev–Trinajstić information content (AvgIpc) is 2.93. The SMILES string of the molecule is Cc1cnc(OCC2CCCN(C(=O)c3cc(C)n(C)n3)C2)nc1. The molecule has 7 heteroatoms. The Balaban J connectivity index is 1.57. The van der Waals surface area contributed by atoms with E-state index in [0.717, 1.165) is 30.6 Å². The third-order valence-electron chi connectivity index (χ3n) is 4.34. The fraction of sp³-hybridized carbons (Fsp3) is 0.529. The first-order valence-corrected chi connectivity index (χ1v) is 8.24. The molecule has 2 aromatic rings. The van der Waals surface area contributed by atoms with E-state index in [1.54, 1.807) is 17.1 Å². The Morgan fingerprint density at radius 3 is 2.75 bits per heavy atom. The van der Waals surface area contributed by atoms with Crippen LogP contribution in [-0.2, 0) is 7.05 Å². The number of aromatic nitrogens is 4. The minimum Gasteiger partial charge on any atom is -0.463 e. The number of rotatable bonds is 4. The highest BCUT2D eigenvalue weighted by Gasteiger charge is 2.26. The molecule has 0 saturated carbocycles. The van der Waals surface area contributed by atoms with Crippen LogP contribution in [0, 0.1) is 19.8 Å². The summed E-state index contributed by atoms with van der Waals surface area (Å²) in [6.07, 6.45) is 5.49. The van der Waals surface area contributed by atoms with E-state index in [4.69, 9.17) is 4.74 Å². The van der Waals surface area contributed by atoms with Crippen molar-refractivity contribution in [3.8, 4) is 6.01 Å². The maximum absolute atomic E-state index is 12.6. The van der Waals surface area contributed by atoms with Crippen molar-refractivity contribution < 1.29 is 9.53 Å². The monoisotopic (exact) mass is 329 g/mol. The number of likely N-dealkylation sites (tertiary alicyclic amines) is 1. The molecule has 1 aliphatic rings. The molecule has 1 unspecified atom stereocenters. The van der Waals surface area contributed by atoms with E-state index in [9.17, 15) is 4.79 Å². The van der Waals surface area contributed by atoms with Crippen molar-refractivity contribution in [2.45, 2.75) is 26.7 Å². The zero-order valence-electron chi connectivity index (χ0n) is 14.4. The second-order valence-electron chi connectivity index (χ2n) is 6.41. The van der Waals surface area contributed by atoms with Gasteiger partial charge in [0, 0.05) is 44.1 Å². The van der Waals surface area contributed by atoms with Crippen molar-refractivity contribution in [3.63, 3.8) is 0 Å². The maximum atomic E-state index is 12.6. The number of ether oxygens (including phenoxy) is 1. The van der Waals surface area contributed by atoms with Crippen molar-refractivity contribution in [2.24, 2.45) is 13.0 Å². The zero-order valence-corrected chi connectivity index (χ0v) is 14.4. The van der Waals surface area contributed by atoms with E-state index < -0.39 is 0 Å². The van der Waals surface area contributed by atoms with Crippen LogP contribution in [0.5, 0.6) is 6.01 Å². The van der Waals surface area contributed by atoms with Crippen molar-refractivity contribution in [3.05, 3.63) is 35.4 Å². The molecule has 1 fully saturated rings. The second-order valence-corrected chi connectivity index (χ2v) is 6.41. The summed E-state index contributed by atoms with van der Waals surface area (Å²) in [5, 5.41) is 4.29. The van der Waals surface area contributed by atoms with Gasteiger partial charge in [0.2, 0.25) is 0 Å². The molecule has 0 aliphatic carbocycles. The summed E-state index contributed by atoms with van der Waals surface area (Å²) in [7, 11) is 1.85. The Bertz CT molecular complexity index is 691. The van der Waals surface area contributed by atoms with Crippen LogP contribution in [-0.4, -0.2) is 50.3 Å². The number of hydrogen-bond donors (Lipinski definition) is 0. The number of carbonyl (C=O) groups is 1. The van der Waals surface area contributed by atoms with Gasteiger partial charge < -0.3 is 9.64 Å². The highest BCUT2D eigenvalue weighted by molar-refractivity contribution is 5.92. The van der Waals surface area contributed by atoms with Gasteiger partial charge in [-0.2, -0.15) is 5.10 Å². The first-order valence-electron chi connectivity index (χ1n) is 8.24. The molecule has 1 saturated heterocycles. The lowest BCUT2D eigenvalue weighted by atomic mass is 9.99. The second kappa shape index (κ2) is 6.98. The molecule has 0 radical (unpaired) electrons. The van der Waals surface area contributed by atoms with E-state index in [2.05, 4.69) is 15.1 Å². The largest absolute Gasteiger partial charge is 0.463 e. The van der Waals surface area contributed by atoms with Crippen LogP contribution in [0.3, 0.4) is 0 Å². The van der Waals surface area contributed by atoms with Gasteiger partial charge in [0.15, 0.2) is 5.69 Å². The average molecular weight is 329 g/mol. The maximum Gasteiger partial charge on any atom is 0.316 e. The molecule has 3 rings (SSSR count). The molecular weight excluding hydrogens is 306 g/mol. The third kappa shape index (κ3) is 3.72. The van der Waals surface area contributed by atoms with Gasteiger partial charge in [0.1, 0.15) is 0 Å². The third-order valence-corrected chi connectivity index (χ3v) is 4.34. The Hall–Kier alpha value is -2.44. The van der Waals surface area contributed by atoms with Gasteiger partial charge in [-0.25, -0.2) is 9.97 Å². The van der Waals surface area contributed by atoms with Gasteiger partial charge in [-0.05, 0) is 38.3 Å². The highest BCUT2D eigenvalue weighted by atomic mass is 16.5. The number of hydrogen-bond acceptors (Lipinski definition) is 5. The topological polar surface area (TPSA) is 73.1 Å². The van der Waals surface area contributed by atoms with E-state index in [-0.39, 0.29) is 11.8 Å². The molecule has 1 amide bonds. The van der Waals surface area contributed by atoms with Crippen LogP contribution in [0.15, 0.2) is 18.5 Å². The van der Waals surface area contributed by atoms with E-state index in [0.29, 0.717) is 24.9 Å². The Labute approximate surface area is 141 Å². The molecule has 24 heavy (non-hydrogen) atoms. The minimum absolute atomic E-state index is 0.00464. The fourth-order valence-electron chi connectivity index (χ4n) is 2.86. The summed E-state index contributed by atoms with van der Waals surface area (Å²) in [6.45, 7) is 5.85. The number of nitrogens with zero attached hydrogens (tertiary/aromatic N) is 5. The lowest BCUT2D eigenvalue weighted by Crippen LogP contribution is -2.41. The normalized spacial score (nSPS) is 17.8. The fourth-order valence-corrected chi connectivity index (χ4v) is 2.86. The lowest BCUT2D eigenvalue weighted by molar-refractivity contribution is 0.0622. The van der Waals surface area contributed by atoms with Crippen molar-refractivity contribution >= 4 is 5.91 Å². The highest BCUT2D eigenvalue weighted by Crippen LogP contribution is 2.19. The van der Waals surface area contributed by atoms with Crippen LogP contribution in [0.2, 0.25) is 0 Å². The van der Waals surface area contributed by atoms with Gasteiger partial charge in [0.05, 0.1) is 6.61 Å². The smallest absolute Gasteiger partial charge is 0.316 e. The van der Waals surface area contributed by atoms with Crippen molar-refractivity contribution in [1.29, 1.82) is 0 Å². The van der Waals surface area contributed by atoms with Crippen molar-refractivity contribution in [2.75, 3.05) is 19.7 Å². The molecule has 0 aromatic carbocycles. The molecule has 0 spiro atoms. The molecule has 0 bridgehead atoms. The number of aryl methyl sites for hydroxylation is 3. The number of amides is 1. The van der Waals surface area contributed by atoms with Gasteiger partial charge in [-0.1, -0.05) is 0 Å². The summed E-state index contributed by atoms with van der Waals surface area (Å²) in [4.78, 5) is 22.8. The molecule has 2 aromatic heterocycles. The van der Waals surface area contributed by atoms with Gasteiger partial charge in [-0.3, -0.25) is 9.48 Å². The van der Waals surface area contributed by atoms with E-state index in [1.165, 1.54) is 0 Å². The van der Waals surface area contributed by atoms with E-state index in [1.807, 2.05) is 31.9 Å². The van der Waals surface area contributed by atoms with Gasteiger partial charge in [-0.15, -0.1) is 0 Å². The summed E-state index contributed by atoms with van der Waals surface area (Å²) in [5.74, 6) is 0.285. The first-order chi connectivity index (χ1) is 11.5. The van der Waals surface area contributed by atoms with Gasteiger partial charge >= 0.3 is 6.01 Å². The van der Waals surface area contributed by atoms with Gasteiger partial charge in [0.25, 0.3) is 5.91 Å². The van der Waals surface area contributed by atoms with E-state index >= 15 is 0 Å². The molecular formula is C17H23N5O2. The quantitative estimate of drug-likeness (QED) is 0.854. The zero-order chi connectivity index (χ0) is 17.1. The number of piperidine rings is 1. The number of carbonyl (C=O) groups excluding carboxylic acids is 1. The Kier molecular flexibility index (Phi) is 4.78. The Morgan fingerprint density at radius 2 is 2.08 bits per heavy atom. The van der Waals surface area contributed by atoms with Crippen molar-refractivity contribution in [1.82, 2.24) is 24.6 Å². The molecule has 1 aliphatic heterocycles. The van der Waals surface area contributed by atoms with Crippen LogP contribution < -0.4 is 4.74 Å². The predicted octanol–water partition coefficient (Wildman–Crippen LogP) is 1.76. The molecule has 3 heterocycles. The minimum atomic E-state index is -0.00464. The van der Waals surface area contributed by atoms with Crippen LogP contribution in [0.4, 0.5) is 0 Å². The summed E-state index contributed by atoms with van der Waals surface area (Å²) in [5.41, 5.74) is 2.49. The molecule has 128 valence electrons. The Morgan fingerprint density at radius 1 is 1.33 bits per heavy atom. The first kappa shape index (κ1) is 16.4. The summed E-state index contributed by atoms with van der Waals surface area (Å²) < 4.78 is 7.41.